The lowest BCUT2D eigenvalue weighted by molar-refractivity contribution is 0.368. The van der Waals surface area contributed by atoms with Crippen LogP contribution in [0.15, 0.2) is 0 Å². The van der Waals surface area contributed by atoms with Crippen molar-refractivity contribution in [3.63, 3.8) is 0 Å². The lowest BCUT2D eigenvalue weighted by atomic mass is 10.0. The largest absolute Gasteiger partial charge is 0.673 e. The van der Waals surface area contributed by atoms with Crippen molar-refractivity contribution in [2.24, 2.45) is 0 Å². The highest BCUT2D eigenvalue weighted by molar-refractivity contribution is 6.50. The molecule has 0 rings (SSSR count). The zero-order chi connectivity index (χ0) is 17.8. The van der Waals surface area contributed by atoms with Gasteiger partial charge in [-0.15, -0.1) is 0 Å². The Kier molecular flexibility index (Phi) is 21.6. The number of hydrogen-bond donors (Lipinski definition) is 0. The fourth-order valence-electron chi connectivity index (χ4n) is 2.55. The van der Waals surface area contributed by atoms with Gasteiger partial charge in [-0.3, -0.25) is 0 Å². The quantitative estimate of drug-likeness (QED) is 0.159. The minimum Gasteiger partial charge on any atom is -0.418 e. The third-order valence-corrected chi connectivity index (χ3v) is 3.85. The minimum absolute atomic E-state index is 1.12. The van der Waals surface area contributed by atoms with E-state index in [2.05, 4.69) is 13.8 Å². The Morgan fingerprint density at radius 3 is 0.957 bits per heavy atom. The smallest absolute Gasteiger partial charge is 0.418 e. The maximum absolute atomic E-state index is 9.75. The monoisotopic (exact) mass is 340 g/mol. The van der Waals surface area contributed by atoms with E-state index in [1.807, 2.05) is 0 Å². The summed E-state index contributed by atoms with van der Waals surface area (Å²) in [4.78, 5) is 0. The van der Waals surface area contributed by atoms with Crippen LogP contribution in [0.25, 0.3) is 0 Å². The van der Waals surface area contributed by atoms with Gasteiger partial charge >= 0.3 is 7.25 Å². The van der Waals surface area contributed by atoms with Crippen molar-refractivity contribution in [3.8, 4) is 0 Å². The molecule has 0 amide bonds. The first kappa shape index (κ1) is 25.0. The number of rotatable bonds is 15. The van der Waals surface area contributed by atoms with Crippen LogP contribution in [0.1, 0.15) is 110 Å². The van der Waals surface area contributed by atoms with Gasteiger partial charge in [0.2, 0.25) is 0 Å². The molecule has 0 saturated carbocycles. The lowest BCUT2D eigenvalue weighted by Crippen LogP contribution is -2.02. The first-order valence-electron chi connectivity index (χ1n) is 9.58. The third-order valence-electron chi connectivity index (χ3n) is 3.85. The van der Waals surface area contributed by atoms with Gasteiger partial charge in [-0.25, -0.2) is 0 Å². The van der Waals surface area contributed by atoms with Crippen molar-refractivity contribution in [2.45, 2.75) is 110 Å². The van der Waals surface area contributed by atoms with Crippen molar-refractivity contribution in [2.75, 3.05) is 0 Å². The molecular weight excluding hydrogens is 303 g/mol. The molecule has 0 nitrogen and oxygen atoms in total. The average molecular weight is 340 g/mol. The van der Waals surface area contributed by atoms with E-state index < -0.39 is 7.25 Å². The molecule has 0 spiro atoms. The molecule has 23 heavy (non-hydrogen) atoms. The summed E-state index contributed by atoms with van der Waals surface area (Å²) in [6.07, 6.45) is 22.8. The van der Waals surface area contributed by atoms with Gasteiger partial charge in [0.15, 0.2) is 0 Å². The molecule has 0 bridgehead atoms. The van der Waals surface area contributed by atoms with Crippen LogP contribution < -0.4 is 0 Å². The Bertz CT molecular complexity index is 186. The number of unbranched alkanes of at least 4 members (excludes halogenated alkanes) is 15. The number of hydrogen-bond acceptors (Lipinski definition) is 0. The first-order chi connectivity index (χ1) is 10.9. The fourth-order valence-corrected chi connectivity index (χ4v) is 2.55. The molecule has 0 aliphatic heterocycles. The summed E-state index contributed by atoms with van der Waals surface area (Å²) in [6.45, 7) is 6.18. The summed E-state index contributed by atoms with van der Waals surface area (Å²) in [7, 11) is -6.00. The molecule has 0 heterocycles. The normalized spacial score (nSPS) is 11.2. The molecule has 141 valence electrons. The van der Waals surface area contributed by atoms with Crippen LogP contribution in [0.5, 0.6) is 0 Å². The van der Waals surface area contributed by atoms with Crippen molar-refractivity contribution in [3.05, 3.63) is 6.92 Å². The second-order valence-corrected chi connectivity index (χ2v) is 6.30. The van der Waals surface area contributed by atoms with Crippen molar-refractivity contribution in [1.82, 2.24) is 0 Å². The van der Waals surface area contributed by atoms with Gasteiger partial charge in [-0.1, -0.05) is 117 Å². The van der Waals surface area contributed by atoms with E-state index in [0.29, 0.717) is 0 Å². The Morgan fingerprint density at radius 2 is 0.739 bits per heavy atom. The maximum atomic E-state index is 9.75. The highest BCUT2D eigenvalue weighted by Crippen LogP contribution is 2.13. The summed E-state index contributed by atoms with van der Waals surface area (Å²) < 4.78 is 39.0. The molecule has 0 aromatic carbocycles. The molecule has 0 N–H and O–H groups in total. The van der Waals surface area contributed by atoms with Crippen molar-refractivity contribution in [1.29, 1.82) is 0 Å². The first-order valence-corrected chi connectivity index (χ1v) is 9.58. The molecular formula is C18H37BF4-. The van der Waals surface area contributed by atoms with Crippen LogP contribution in [0.4, 0.5) is 17.3 Å². The molecule has 0 aliphatic carbocycles. The summed E-state index contributed by atoms with van der Waals surface area (Å²) >= 11 is 0. The standard InChI is InChI=1S/C18H37.BF4/c1-3-5-7-9-11-13-15-17-18-16-14-12-10-8-6-4-2;2-1(3,4)5/h1,3-18H2,2H3;/q;-1. The molecule has 0 fully saturated rings. The number of halogens is 4. The molecule has 0 atom stereocenters. The van der Waals surface area contributed by atoms with Gasteiger partial charge in [0.05, 0.1) is 0 Å². The van der Waals surface area contributed by atoms with E-state index in [0.717, 1.165) is 6.42 Å². The van der Waals surface area contributed by atoms with Gasteiger partial charge in [-0.05, 0) is 0 Å². The van der Waals surface area contributed by atoms with E-state index >= 15 is 0 Å². The predicted molar refractivity (Wildman–Crippen MR) is 95.1 cm³/mol. The molecule has 5 heteroatoms. The van der Waals surface area contributed by atoms with E-state index in [-0.39, 0.29) is 0 Å². The fraction of sp³-hybridized carbons (Fsp3) is 0.944. The summed E-state index contributed by atoms with van der Waals surface area (Å²) in [5, 5.41) is 0. The zero-order valence-corrected chi connectivity index (χ0v) is 15.1. The van der Waals surface area contributed by atoms with Crippen molar-refractivity contribution < 1.29 is 17.3 Å². The Morgan fingerprint density at radius 1 is 0.522 bits per heavy atom. The second kappa shape index (κ2) is 19.8. The van der Waals surface area contributed by atoms with Crippen molar-refractivity contribution >= 4 is 7.25 Å². The van der Waals surface area contributed by atoms with Gasteiger partial charge in [-0.2, -0.15) is 0 Å². The summed E-state index contributed by atoms with van der Waals surface area (Å²) in [5.41, 5.74) is 0. The highest BCUT2D eigenvalue weighted by Gasteiger charge is 2.20. The molecule has 0 unspecified atom stereocenters. The van der Waals surface area contributed by atoms with E-state index in [4.69, 9.17) is 0 Å². The average Bonchev–Trinajstić information content (AvgIpc) is 2.46. The predicted octanol–water partition coefficient (Wildman–Crippen LogP) is 8.38. The van der Waals surface area contributed by atoms with Crippen LogP contribution in [0.3, 0.4) is 0 Å². The topological polar surface area (TPSA) is 0 Å². The van der Waals surface area contributed by atoms with Gasteiger partial charge < -0.3 is 17.3 Å². The third kappa shape index (κ3) is 39.0. The molecule has 0 aromatic rings. The van der Waals surface area contributed by atoms with Gasteiger partial charge in [0, 0.05) is 0 Å². The van der Waals surface area contributed by atoms with Crippen LogP contribution in [-0.2, 0) is 0 Å². The maximum Gasteiger partial charge on any atom is 0.673 e. The Hall–Kier alpha value is -0.215. The molecule has 0 aliphatic rings. The highest BCUT2D eigenvalue weighted by atomic mass is 19.5. The lowest BCUT2D eigenvalue weighted by Gasteiger charge is -2.03. The Balaban J connectivity index is 0. The molecule has 0 aromatic heterocycles. The SMILES string of the molecule is F[B-](F)(F)F.[CH2]CCCCCCCCCCCCCCCCC. The van der Waals surface area contributed by atoms with Crippen LogP contribution in [0.2, 0.25) is 0 Å². The molecule has 1 radical (unpaired) electrons. The molecule has 0 saturated heterocycles. The van der Waals surface area contributed by atoms with Gasteiger partial charge in [0.1, 0.15) is 0 Å². The Labute approximate surface area is 141 Å². The summed E-state index contributed by atoms with van der Waals surface area (Å²) in [5.74, 6) is 0. The van der Waals surface area contributed by atoms with Crippen LogP contribution in [0, 0.1) is 6.92 Å². The van der Waals surface area contributed by atoms with Gasteiger partial charge in [0.25, 0.3) is 0 Å². The van der Waals surface area contributed by atoms with E-state index in [1.165, 1.54) is 96.3 Å². The second-order valence-electron chi connectivity index (χ2n) is 6.30. The summed E-state index contributed by atoms with van der Waals surface area (Å²) in [6, 6.07) is 0. The van der Waals surface area contributed by atoms with Crippen LogP contribution >= 0.6 is 0 Å². The zero-order valence-electron chi connectivity index (χ0n) is 15.1. The van der Waals surface area contributed by atoms with E-state index in [9.17, 15) is 17.3 Å². The van der Waals surface area contributed by atoms with E-state index in [1.54, 1.807) is 0 Å². The minimum atomic E-state index is -6.00. The van der Waals surface area contributed by atoms with Crippen LogP contribution in [-0.4, -0.2) is 7.25 Å².